The van der Waals surface area contributed by atoms with Crippen LogP contribution in [-0.4, -0.2) is 14.2 Å². The maximum Gasteiger partial charge on any atom is 0.133 e. The Kier molecular flexibility index (Phi) is 11.1. The van der Waals surface area contributed by atoms with Crippen molar-refractivity contribution in [2.24, 2.45) is 0 Å². The second kappa shape index (κ2) is 15.7. The Morgan fingerprint density at radius 2 is 0.820 bits per heavy atom. The largest absolute Gasteiger partial charge is 0.496 e. The van der Waals surface area contributed by atoms with Crippen molar-refractivity contribution in [2.45, 2.75) is 117 Å². The van der Waals surface area contributed by atoms with Crippen molar-refractivity contribution in [3.05, 3.63) is 92.0 Å². The second-order valence-corrected chi connectivity index (χ2v) is 15.2. The molecule has 0 bridgehead atoms. The van der Waals surface area contributed by atoms with Crippen molar-refractivity contribution < 1.29 is 18.5 Å². The van der Waals surface area contributed by atoms with Gasteiger partial charge in [-0.15, -0.1) is 0 Å². The number of fused-ring (bicyclic) bond motifs is 4. The molecule has 4 aromatic rings. The first kappa shape index (κ1) is 35.3. The Morgan fingerprint density at radius 1 is 0.420 bits per heavy atom. The Morgan fingerprint density at radius 3 is 1.28 bits per heavy atom. The van der Waals surface area contributed by atoms with Gasteiger partial charge in [0.2, 0.25) is 0 Å². The number of hydrogen-bond acceptors (Lipinski definition) is 4. The summed E-state index contributed by atoms with van der Waals surface area (Å²) in [5.41, 5.74) is 19.5. The lowest BCUT2D eigenvalue weighted by molar-refractivity contribution is 0.412. The monoisotopic (exact) mass is 708 g/mol. The molecule has 0 amide bonds. The molecule has 0 saturated carbocycles. The first-order chi connectivity index (χ1) is 24.5. The quantitative estimate of drug-likeness (QED) is 0.187. The molecule has 4 aromatic carbocycles. The van der Waals surface area contributed by atoms with Crippen LogP contribution in [0.25, 0.3) is 22.3 Å². The predicted octanol–water partition coefficient (Wildman–Crippen LogP) is 11.2. The summed E-state index contributed by atoms with van der Waals surface area (Å²) in [6.07, 6.45) is 19.5. The van der Waals surface area contributed by atoms with Gasteiger partial charge in [0.15, 0.2) is 0 Å². The normalized spacial score (nSPS) is 16.1. The highest BCUT2D eigenvalue weighted by Crippen LogP contribution is 2.50. The fraction of sp³-hybridized carbons (Fsp3) is 0.455. The van der Waals surface area contributed by atoms with Gasteiger partial charge in [0.05, 0.1) is 33.2 Å². The van der Waals surface area contributed by atoms with Gasteiger partial charge < -0.3 is 18.5 Å². The summed E-state index contributed by atoms with van der Waals surface area (Å²) in [6, 6.07) is 13.5. The van der Waals surface area contributed by atoms with Crippen LogP contribution in [0.15, 0.2) is 36.4 Å². The standard InChI is InChI=1S/2C22H27O2P/c1-14-13-16-8-4-6-10-18(16)21(22(14)23-2)20-17-9-5-3-7-15(17)11-12-19(20)24-25;1-14-13-16-8-4-6-10-18(16)21(22(14)24-25)20-17-9-5-3-7-15(17)11-12-19(20)23-2/h2*11-13H,3-10,25H2,1-2H3. The molecule has 0 aromatic heterocycles. The highest BCUT2D eigenvalue weighted by molar-refractivity contribution is 7.10. The van der Waals surface area contributed by atoms with Crippen LogP contribution in [0.3, 0.4) is 0 Å². The average molecular weight is 709 g/mol. The van der Waals surface area contributed by atoms with Crippen LogP contribution < -0.4 is 18.5 Å². The Hall–Kier alpha value is -3.06. The molecule has 0 aliphatic heterocycles. The summed E-state index contributed by atoms with van der Waals surface area (Å²) in [6.45, 7) is 4.34. The number of methoxy groups -OCH3 is 2. The lowest BCUT2D eigenvalue weighted by Gasteiger charge is -2.28. The van der Waals surface area contributed by atoms with Crippen molar-refractivity contribution in [3.63, 3.8) is 0 Å². The molecule has 2 unspecified atom stereocenters. The van der Waals surface area contributed by atoms with E-state index >= 15 is 0 Å². The van der Waals surface area contributed by atoms with E-state index in [0.29, 0.717) is 0 Å². The molecule has 4 nitrogen and oxygen atoms in total. The lowest BCUT2D eigenvalue weighted by Crippen LogP contribution is -2.11. The van der Waals surface area contributed by atoms with E-state index in [-0.39, 0.29) is 0 Å². The number of aryl methyl sites for hydroxylation is 6. The molecule has 0 radical (unpaired) electrons. The van der Waals surface area contributed by atoms with Crippen LogP contribution >= 0.6 is 18.9 Å². The molecule has 8 rings (SSSR count). The van der Waals surface area contributed by atoms with Crippen LogP contribution in [0, 0.1) is 13.8 Å². The van der Waals surface area contributed by atoms with E-state index in [9.17, 15) is 0 Å². The van der Waals surface area contributed by atoms with Crippen LogP contribution in [-0.2, 0) is 51.4 Å². The first-order valence-corrected chi connectivity index (χ1v) is 19.9. The van der Waals surface area contributed by atoms with Crippen molar-refractivity contribution in [1.82, 2.24) is 0 Å². The minimum Gasteiger partial charge on any atom is -0.496 e. The maximum absolute atomic E-state index is 5.92. The summed E-state index contributed by atoms with van der Waals surface area (Å²) in [5.74, 6) is 3.98. The molecule has 0 N–H and O–H groups in total. The van der Waals surface area contributed by atoms with Gasteiger partial charge in [-0.05, 0) is 184 Å². The molecule has 264 valence electrons. The molecular weight excluding hydrogens is 654 g/mol. The number of ether oxygens (including phenoxy) is 2. The predicted molar refractivity (Wildman–Crippen MR) is 214 cm³/mol. The SMILES string of the molecule is COc1c(C)cc2c(c1-c1c(OP)ccc3c1CCCC3)CCCC2.COc1ccc2c(c1-c1c3c(cc(C)c1OP)CCCC3)CCCC2. The molecule has 50 heavy (non-hydrogen) atoms. The van der Waals surface area contributed by atoms with Crippen LogP contribution in [0.4, 0.5) is 0 Å². The topological polar surface area (TPSA) is 36.9 Å². The summed E-state index contributed by atoms with van der Waals surface area (Å²) in [7, 11) is 8.50. The van der Waals surface area contributed by atoms with Gasteiger partial charge in [-0.2, -0.15) is 0 Å². The van der Waals surface area contributed by atoms with Crippen molar-refractivity contribution >= 4 is 18.9 Å². The van der Waals surface area contributed by atoms with Crippen LogP contribution in [0.5, 0.6) is 23.0 Å². The molecular formula is C44H54O4P2. The molecule has 0 saturated heterocycles. The minimum absolute atomic E-state index is 0.960. The summed E-state index contributed by atoms with van der Waals surface area (Å²) in [5, 5.41) is 0. The van der Waals surface area contributed by atoms with E-state index in [1.54, 1.807) is 14.2 Å². The second-order valence-electron chi connectivity index (χ2n) is 14.7. The average Bonchev–Trinajstić information content (AvgIpc) is 3.16. The smallest absolute Gasteiger partial charge is 0.133 e. The van der Waals surface area contributed by atoms with Gasteiger partial charge in [0.1, 0.15) is 23.0 Å². The number of benzene rings is 4. The zero-order valence-corrected chi connectivity index (χ0v) is 32.9. The molecule has 0 spiro atoms. The van der Waals surface area contributed by atoms with E-state index in [1.807, 2.05) is 0 Å². The molecule has 4 aliphatic rings. The molecule has 0 heterocycles. The summed E-state index contributed by atoms with van der Waals surface area (Å²) in [4.78, 5) is 0. The van der Waals surface area contributed by atoms with E-state index in [4.69, 9.17) is 18.5 Å². The van der Waals surface area contributed by atoms with Crippen LogP contribution in [0.2, 0.25) is 0 Å². The van der Waals surface area contributed by atoms with Gasteiger partial charge in [0.25, 0.3) is 0 Å². The van der Waals surface area contributed by atoms with Gasteiger partial charge in [-0.25, -0.2) is 0 Å². The third-order valence-electron chi connectivity index (χ3n) is 11.7. The van der Waals surface area contributed by atoms with E-state index in [0.717, 1.165) is 48.7 Å². The fourth-order valence-electron chi connectivity index (χ4n) is 9.44. The first-order valence-electron chi connectivity index (χ1n) is 18.9. The van der Waals surface area contributed by atoms with E-state index < -0.39 is 0 Å². The van der Waals surface area contributed by atoms with E-state index in [2.05, 4.69) is 69.2 Å². The minimum atomic E-state index is 0.960. The van der Waals surface area contributed by atoms with Gasteiger partial charge >= 0.3 is 0 Å². The molecule has 6 heteroatoms. The zero-order valence-electron chi connectivity index (χ0n) is 30.6. The lowest BCUT2D eigenvalue weighted by atomic mass is 9.79. The number of hydrogen-bond donors (Lipinski definition) is 0. The summed E-state index contributed by atoms with van der Waals surface area (Å²) < 4.78 is 23.4. The van der Waals surface area contributed by atoms with Gasteiger partial charge in [-0.3, -0.25) is 0 Å². The summed E-state index contributed by atoms with van der Waals surface area (Å²) >= 11 is 0. The van der Waals surface area contributed by atoms with Gasteiger partial charge in [-0.1, -0.05) is 24.3 Å². The van der Waals surface area contributed by atoms with E-state index in [1.165, 1.54) is 155 Å². The fourth-order valence-corrected chi connectivity index (χ4v) is 9.94. The molecule has 2 atom stereocenters. The maximum atomic E-state index is 5.92. The third kappa shape index (κ3) is 6.57. The highest BCUT2D eigenvalue weighted by Gasteiger charge is 2.29. The molecule has 4 aliphatic carbocycles. The number of rotatable bonds is 6. The Bertz CT molecular complexity index is 1760. The highest BCUT2D eigenvalue weighted by atomic mass is 31.0. The molecule has 0 fully saturated rings. The van der Waals surface area contributed by atoms with Crippen molar-refractivity contribution in [2.75, 3.05) is 14.2 Å². The van der Waals surface area contributed by atoms with Crippen molar-refractivity contribution in [1.29, 1.82) is 0 Å². The van der Waals surface area contributed by atoms with Gasteiger partial charge in [0, 0.05) is 22.3 Å². The van der Waals surface area contributed by atoms with Crippen molar-refractivity contribution in [3.8, 4) is 45.3 Å². The van der Waals surface area contributed by atoms with Crippen LogP contribution in [0.1, 0.15) is 107 Å². The Labute approximate surface area is 304 Å². The third-order valence-corrected chi connectivity index (χ3v) is 12.2. The zero-order chi connectivity index (χ0) is 34.8. The Balaban J connectivity index is 0.000000157.